The predicted octanol–water partition coefficient (Wildman–Crippen LogP) is 1.13. The van der Waals surface area contributed by atoms with Crippen LogP contribution in [0.5, 0.6) is 0 Å². The highest BCUT2D eigenvalue weighted by Gasteiger charge is 2.60. The van der Waals surface area contributed by atoms with Gasteiger partial charge in [0.05, 0.1) is 12.7 Å². The average Bonchev–Trinajstić information content (AvgIpc) is 2.71. The Hall–Kier alpha value is -1.29. The van der Waals surface area contributed by atoms with Crippen LogP contribution in [0.3, 0.4) is 0 Å². The normalized spacial score (nSPS) is 34.5. The van der Waals surface area contributed by atoms with Crippen LogP contribution in [0.15, 0.2) is 16.7 Å². The lowest BCUT2D eigenvalue weighted by Crippen LogP contribution is -2.47. The molecule has 0 saturated heterocycles. The summed E-state index contributed by atoms with van der Waals surface area (Å²) < 4.78 is 5.26. The van der Waals surface area contributed by atoms with Crippen LogP contribution in [0.1, 0.15) is 30.6 Å². The van der Waals surface area contributed by atoms with Crippen LogP contribution < -0.4 is 11.1 Å². The number of nitrogens with one attached hydrogen (secondary N) is 1. The van der Waals surface area contributed by atoms with E-state index < -0.39 is 0 Å². The van der Waals surface area contributed by atoms with E-state index in [2.05, 4.69) is 5.32 Å². The number of aryl methyl sites for hydroxylation is 1. The van der Waals surface area contributed by atoms with Crippen LogP contribution in [0.4, 0.5) is 0 Å². The van der Waals surface area contributed by atoms with E-state index in [-0.39, 0.29) is 5.91 Å². The van der Waals surface area contributed by atoms with Crippen molar-refractivity contribution in [1.82, 2.24) is 5.32 Å². The van der Waals surface area contributed by atoms with Gasteiger partial charge >= 0.3 is 0 Å². The number of carbonyl (C=O) groups excluding carboxylic acids is 1. The Morgan fingerprint density at radius 2 is 2.29 bits per heavy atom. The Morgan fingerprint density at radius 3 is 2.82 bits per heavy atom. The molecule has 92 valence electrons. The Labute approximate surface area is 101 Å². The summed E-state index contributed by atoms with van der Waals surface area (Å²) in [6.07, 6.45) is 5.21. The number of amides is 1. The van der Waals surface area contributed by atoms with Crippen molar-refractivity contribution in [3.8, 4) is 0 Å². The summed E-state index contributed by atoms with van der Waals surface area (Å²) >= 11 is 0. The summed E-state index contributed by atoms with van der Waals surface area (Å²) in [7, 11) is 0. The summed E-state index contributed by atoms with van der Waals surface area (Å²) in [6.45, 7) is 1.95. The molecule has 4 heteroatoms. The van der Waals surface area contributed by atoms with Crippen molar-refractivity contribution in [2.24, 2.45) is 11.1 Å². The molecule has 1 amide bonds. The minimum Gasteiger partial charge on any atom is -0.469 e. The van der Waals surface area contributed by atoms with Gasteiger partial charge in [0.2, 0.25) is 5.91 Å². The summed E-state index contributed by atoms with van der Waals surface area (Å²) in [6, 6.07) is 2.58. The maximum Gasteiger partial charge on any atom is 0.227 e. The summed E-state index contributed by atoms with van der Waals surface area (Å²) in [4.78, 5) is 11.8. The second kappa shape index (κ2) is 3.60. The van der Waals surface area contributed by atoms with Crippen molar-refractivity contribution in [3.63, 3.8) is 0 Å². The largest absolute Gasteiger partial charge is 0.469 e. The van der Waals surface area contributed by atoms with E-state index in [4.69, 9.17) is 10.2 Å². The first-order valence-electron chi connectivity index (χ1n) is 6.17. The van der Waals surface area contributed by atoms with Gasteiger partial charge in [0, 0.05) is 12.1 Å². The number of carbonyl (C=O) groups is 1. The molecule has 2 aliphatic carbocycles. The van der Waals surface area contributed by atoms with E-state index in [1.54, 1.807) is 6.26 Å². The molecule has 2 aliphatic rings. The van der Waals surface area contributed by atoms with Gasteiger partial charge in [0.15, 0.2) is 0 Å². The highest BCUT2D eigenvalue weighted by molar-refractivity contribution is 5.78. The molecule has 1 spiro atoms. The maximum absolute atomic E-state index is 11.8. The van der Waals surface area contributed by atoms with Crippen molar-refractivity contribution in [2.45, 2.75) is 44.7 Å². The molecule has 0 aromatic carbocycles. The van der Waals surface area contributed by atoms with Crippen molar-refractivity contribution >= 4 is 5.91 Å². The summed E-state index contributed by atoms with van der Waals surface area (Å²) in [5.74, 6) is 0.816. The monoisotopic (exact) mass is 234 g/mol. The highest BCUT2D eigenvalue weighted by Crippen LogP contribution is 2.59. The van der Waals surface area contributed by atoms with E-state index in [1.165, 1.54) is 0 Å². The quantitative estimate of drug-likeness (QED) is 0.823. The van der Waals surface area contributed by atoms with Crippen LogP contribution in [-0.2, 0) is 11.2 Å². The fraction of sp³-hybridized carbons (Fsp3) is 0.615. The number of rotatable bonds is 3. The van der Waals surface area contributed by atoms with Gasteiger partial charge in [0.25, 0.3) is 0 Å². The highest BCUT2D eigenvalue weighted by atomic mass is 16.3. The van der Waals surface area contributed by atoms with Gasteiger partial charge in [-0.1, -0.05) is 0 Å². The molecular formula is C13H18N2O2. The van der Waals surface area contributed by atoms with Gasteiger partial charge in [0.1, 0.15) is 5.76 Å². The van der Waals surface area contributed by atoms with Crippen molar-refractivity contribution in [3.05, 3.63) is 23.7 Å². The van der Waals surface area contributed by atoms with Crippen LogP contribution in [0, 0.1) is 12.3 Å². The third kappa shape index (κ3) is 1.86. The fourth-order valence-electron chi connectivity index (χ4n) is 2.88. The second-order valence-corrected chi connectivity index (χ2v) is 5.55. The molecule has 0 bridgehead atoms. The van der Waals surface area contributed by atoms with Crippen molar-refractivity contribution < 1.29 is 9.21 Å². The first-order chi connectivity index (χ1) is 8.09. The van der Waals surface area contributed by atoms with E-state index in [1.807, 2.05) is 13.0 Å². The molecule has 1 heterocycles. The molecule has 17 heavy (non-hydrogen) atoms. The van der Waals surface area contributed by atoms with Gasteiger partial charge in [-0.05, 0) is 43.2 Å². The molecule has 0 radical (unpaired) electrons. The van der Waals surface area contributed by atoms with Crippen LogP contribution >= 0.6 is 0 Å². The fourth-order valence-corrected chi connectivity index (χ4v) is 2.88. The molecule has 4 nitrogen and oxygen atoms in total. The third-order valence-corrected chi connectivity index (χ3v) is 4.21. The molecule has 0 aliphatic heterocycles. The lowest BCUT2D eigenvalue weighted by Gasteiger charge is -2.36. The molecule has 1 aromatic heterocycles. The third-order valence-electron chi connectivity index (χ3n) is 4.21. The summed E-state index contributed by atoms with van der Waals surface area (Å²) in [5, 5.41) is 3.04. The zero-order valence-corrected chi connectivity index (χ0v) is 10.0. The maximum atomic E-state index is 11.8. The van der Waals surface area contributed by atoms with Crippen LogP contribution in [-0.4, -0.2) is 18.0 Å². The lowest BCUT2D eigenvalue weighted by atomic mass is 9.76. The molecule has 3 rings (SSSR count). The molecular weight excluding hydrogens is 216 g/mol. The number of nitrogens with two attached hydrogens (primary N) is 1. The average molecular weight is 234 g/mol. The number of hydrogen-bond donors (Lipinski definition) is 2. The Balaban J connectivity index is 1.47. The van der Waals surface area contributed by atoms with Gasteiger partial charge < -0.3 is 15.5 Å². The zero-order valence-electron chi connectivity index (χ0n) is 10.0. The molecule has 1 atom stereocenters. The van der Waals surface area contributed by atoms with E-state index in [0.717, 1.165) is 30.6 Å². The smallest absolute Gasteiger partial charge is 0.227 e. The van der Waals surface area contributed by atoms with E-state index in [9.17, 15) is 4.79 Å². The van der Waals surface area contributed by atoms with E-state index in [0.29, 0.717) is 23.9 Å². The van der Waals surface area contributed by atoms with Gasteiger partial charge in [-0.3, -0.25) is 4.79 Å². The Bertz CT molecular complexity index is 446. The first kappa shape index (κ1) is 10.8. The standard InChI is InChI=1S/C13H18N2O2/c1-8-2-3-17-10(8)4-12(16)15-9-5-13(6-9)7-11(13)14/h2-3,9,11H,4-7,14H2,1H3,(H,15,16). The molecule has 1 unspecified atom stereocenters. The Morgan fingerprint density at radius 1 is 1.59 bits per heavy atom. The zero-order chi connectivity index (χ0) is 12.0. The molecule has 1 aromatic rings. The summed E-state index contributed by atoms with van der Waals surface area (Å²) in [5.41, 5.74) is 7.28. The molecule has 2 fully saturated rings. The van der Waals surface area contributed by atoms with Gasteiger partial charge in [-0.15, -0.1) is 0 Å². The first-order valence-corrected chi connectivity index (χ1v) is 6.17. The SMILES string of the molecule is Cc1ccoc1CC(=O)NC1CC2(C1)CC2N. The van der Waals surface area contributed by atoms with E-state index >= 15 is 0 Å². The van der Waals surface area contributed by atoms with Gasteiger partial charge in [-0.2, -0.15) is 0 Å². The molecule has 2 saturated carbocycles. The van der Waals surface area contributed by atoms with Crippen molar-refractivity contribution in [1.29, 1.82) is 0 Å². The van der Waals surface area contributed by atoms with Crippen LogP contribution in [0.25, 0.3) is 0 Å². The Kier molecular flexibility index (Phi) is 2.30. The number of hydrogen-bond acceptors (Lipinski definition) is 3. The second-order valence-electron chi connectivity index (χ2n) is 5.55. The van der Waals surface area contributed by atoms with Crippen LogP contribution in [0.2, 0.25) is 0 Å². The molecule has 3 N–H and O–H groups in total. The topological polar surface area (TPSA) is 68.3 Å². The van der Waals surface area contributed by atoms with Gasteiger partial charge in [-0.25, -0.2) is 0 Å². The lowest BCUT2D eigenvalue weighted by molar-refractivity contribution is -0.122. The minimum absolute atomic E-state index is 0.0529. The van der Waals surface area contributed by atoms with Crippen molar-refractivity contribution in [2.75, 3.05) is 0 Å². The minimum atomic E-state index is 0.0529. The number of furan rings is 1. The predicted molar refractivity (Wildman–Crippen MR) is 63.3 cm³/mol.